The van der Waals surface area contributed by atoms with Crippen molar-refractivity contribution < 1.29 is 4.79 Å². The first-order chi connectivity index (χ1) is 10.6. The molecule has 5 heteroatoms. The highest BCUT2D eigenvalue weighted by Crippen LogP contribution is 2.29. The number of thiazole rings is 1. The van der Waals surface area contributed by atoms with Gasteiger partial charge in [0, 0.05) is 17.6 Å². The molecule has 0 fully saturated rings. The Morgan fingerprint density at radius 2 is 2.23 bits per heavy atom. The lowest BCUT2D eigenvalue weighted by atomic mass is 10.0. The van der Waals surface area contributed by atoms with Crippen molar-refractivity contribution in [3.63, 3.8) is 0 Å². The fraction of sp³-hybridized carbons (Fsp3) is 0.412. The van der Waals surface area contributed by atoms with Crippen LogP contribution in [0.3, 0.4) is 0 Å². The van der Waals surface area contributed by atoms with Gasteiger partial charge in [0.05, 0.1) is 11.4 Å². The Bertz CT molecular complexity index is 666. The van der Waals surface area contributed by atoms with Crippen LogP contribution in [0, 0.1) is 0 Å². The normalized spacial score (nSPS) is 14.2. The summed E-state index contributed by atoms with van der Waals surface area (Å²) in [4.78, 5) is 19.1. The van der Waals surface area contributed by atoms with Crippen molar-refractivity contribution in [1.82, 2.24) is 4.98 Å². The molecule has 2 heterocycles. The monoisotopic (exact) mass is 332 g/mol. The van der Waals surface area contributed by atoms with Gasteiger partial charge in [-0.15, -0.1) is 11.3 Å². The average molecular weight is 332 g/mol. The molecule has 116 valence electrons. The van der Waals surface area contributed by atoms with Gasteiger partial charge < -0.3 is 4.90 Å². The minimum absolute atomic E-state index is 0.179. The van der Waals surface area contributed by atoms with E-state index < -0.39 is 0 Å². The van der Waals surface area contributed by atoms with Crippen molar-refractivity contribution in [3.05, 3.63) is 40.9 Å². The second-order valence-electron chi connectivity index (χ2n) is 5.76. The molecule has 0 saturated carbocycles. The van der Waals surface area contributed by atoms with Crippen LogP contribution in [0.1, 0.15) is 37.4 Å². The third-order valence-electron chi connectivity index (χ3n) is 3.82. The Labute approximate surface area is 139 Å². The number of benzene rings is 1. The van der Waals surface area contributed by atoms with Crippen molar-refractivity contribution in [2.75, 3.05) is 17.2 Å². The molecule has 3 rings (SSSR count). The molecular formula is C17H20N2OS2. The molecule has 0 saturated heterocycles. The Morgan fingerprint density at radius 1 is 1.41 bits per heavy atom. The molecule has 1 amide bonds. The fourth-order valence-corrected chi connectivity index (χ4v) is 4.47. The number of nitrogens with zero attached hydrogens (tertiary/aromatic N) is 2. The minimum Gasteiger partial charge on any atom is -0.311 e. The zero-order valence-electron chi connectivity index (χ0n) is 12.9. The van der Waals surface area contributed by atoms with Crippen molar-refractivity contribution in [1.29, 1.82) is 0 Å². The Balaban J connectivity index is 1.65. The van der Waals surface area contributed by atoms with Gasteiger partial charge in [-0.1, -0.05) is 43.8 Å². The van der Waals surface area contributed by atoms with Gasteiger partial charge in [-0.25, -0.2) is 4.98 Å². The van der Waals surface area contributed by atoms with E-state index in [2.05, 4.69) is 36.3 Å². The van der Waals surface area contributed by atoms with Gasteiger partial charge in [-0.05, 0) is 30.4 Å². The van der Waals surface area contributed by atoms with Gasteiger partial charge in [0.15, 0.2) is 4.34 Å². The Morgan fingerprint density at radius 3 is 3.00 bits per heavy atom. The number of rotatable bonds is 4. The molecular weight excluding hydrogens is 312 g/mol. The van der Waals surface area contributed by atoms with E-state index in [9.17, 15) is 4.79 Å². The van der Waals surface area contributed by atoms with Crippen LogP contribution >= 0.6 is 23.1 Å². The fourth-order valence-electron chi connectivity index (χ4n) is 2.59. The highest BCUT2D eigenvalue weighted by molar-refractivity contribution is 8.01. The maximum atomic E-state index is 12.6. The van der Waals surface area contributed by atoms with Crippen molar-refractivity contribution in [2.45, 2.75) is 36.9 Å². The third kappa shape index (κ3) is 3.36. The lowest BCUT2D eigenvalue weighted by molar-refractivity contribution is -0.116. The number of aromatic nitrogens is 1. The number of carbonyl (C=O) groups is 1. The number of carbonyl (C=O) groups excluding carboxylic acids is 1. The number of aryl methyl sites for hydroxylation is 1. The van der Waals surface area contributed by atoms with E-state index in [0.29, 0.717) is 11.7 Å². The molecule has 0 N–H and O–H groups in total. The first-order valence-electron chi connectivity index (χ1n) is 7.61. The Kier molecular flexibility index (Phi) is 4.84. The number of hydrogen-bond acceptors (Lipinski definition) is 4. The lowest BCUT2D eigenvalue weighted by Crippen LogP contribution is -2.36. The van der Waals surface area contributed by atoms with E-state index in [4.69, 9.17) is 0 Å². The highest BCUT2D eigenvalue weighted by atomic mass is 32.2. The molecule has 22 heavy (non-hydrogen) atoms. The molecule has 0 aliphatic carbocycles. The molecule has 1 aromatic heterocycles. The van der Waals surface area contributed by atoms with Crippen LogP contribution in [0.4, 0.5) is 5.69 Å². The Hall–Kier alpha value is -1.33. The lowest BCUT2D eigenvalue weighted by Gasteiger charge is -2.29. The summed E-state index contributed by atoms with van der Waals surface area (Å²) >= 11 is 3.18. The zero-order valence-corrected chi connectivity index (χ0v) is 14.5. The van der Waals surface area contributed by atoms with E-state index in [1.165, 1.54) is 5.56 Å². The summed E-state index contributed by atoms with van der Waals surface area (Å²) in [6, 6.07) is 8.23. The standard InChI is InChI=1S/C17H20N2OS2/c1-12(2)14-10-21-17(18-14)22-11-16(20)19-9-5-7-13-6-3-4-8-15(13)19/h3-4,6,8,10,12H,5,7,9,11H2,1-2H3. The summed E-state index contributed by atoms with van der Waals surface area (Å²) in [6.45, 7) is 5.10. The van der Waals surface area contributed by atoms with E-state index in [1.54, 1.807) is 23.1 Å². The van der Waals surface area contributed by atoms with Crippen LogP contribution < -0.4 is 4.90 Å². The van der Waals surface area contributed by atoms with E-state index in [1.807, 2.05) is 17.0 Å². The number of para-hydroxylation sites is 1. The first kappa shape index (κ1) is 15.6. The van der Waals surface area contributed by atoms with Crippen LogP contribution in [-0.4, -0.2) is 23.2 Å². The smallest absolute Gasteiger partial charge is 0.237 e. The minimum atomic E-state index is 0.179. The third-order valence-corrected chi connectivity index (χ3v) is 5.85. The van der Waals surface area contributed by atoms with Crippen LogP contribution in [0.5, 0.6) is 0 Å². The number of hydrogen-bond donors (Lipinski definition) is 0. The number of anilines is 1. The van der Waals surface area contributed by atoms with Crippen molar-refractivity contribution in [2.24, 2.45) is 0 Å². The van der Waals surface area contributed by atoms with Gasteiger partial charge in [0.25, 0.3) is 0 Å². The second-order valence-corrected chi connectivity index (χ2v) is 7.84. The van der Waals surface area contributed by atoms with Gasteiger partial charge in [0.1, 0.15) is 0 Å². The zero-order chi connectivity index (χ0) is 15.5. The van der Waals surface area contributed by atoms with Gasteiger partial charge in [-0.3, -0.25) is 4.79 Å². The molecule has 0 unspecified atom stereocenters. The SMILES string of the molecule is CC(C)c1csc(SCC(=O)N2CCCc3ccccc32)n1. The largest absolute Gasteiger partial charge is 0.311 e. The molecule has 1 aliphatic heterocycles. The second kappa shape index (κ2) is 6.84. The molecule has 0 spiro atoms. The summed E-state index contributed by atoms with van der Waals surface area (Å²) in [6.07, 6.45) is 2.11. The number of fused-ring (bicyclic) bond motifs is 1. The maximum Gasteiger partial charge on any atom is 0.237 e. The van der Waals surface area contributed by atoms with Crippen LogP contribution in [0.2, 0.25) is 0 Å². The summed E-state index contributed by atoms with van der Waals surface area (Å²) < 4.78 is 0.988. The molecule has 1 aliphatic rings. The van der Waals surface area contributed by atoms with Gasteiger partial charge >= 0.3 is 0 Å². The summed E-state index contributed by atoms with van der Waals surface area (Å²) in [5.41, 5.74) is 3.48. The molecule has 2 aromatic rings. The van der Waals surface area contributed by atoms with E-state index in [-0.39, 0.29) is 5.91 Å². The topological polar surface area (TPSA) is 33.2 Å². The van der Waals surface area contributed by atoms with E-state index >= 15 is 0 Å². The summed E-state index contributed by atoms with van der Waals surface area (Å²) in [7, 11) is 0. The maximum absolute atomic E-state index is 12.6. The molecule has 1 aromatic carbocycles. The summed E-state index contributed by atoms with van der Waals surface area (Å²) in [5, 5.41) is 2.09. The van der Waals surface area contributed by atoms with Crippen LogP contribution in [-0.2, 0) is 11.2 Å². The molecule has 3 nitrogen and oxygen atoms in total. The summed E-state index contributed by atoms with van der Waals surface area (Å²) in [5.74, 6) is 1.08. The average Bonchev–Trinajstić information content (AvgIpc) is 3.01. The van der Waals surface area contributed by atoms with Crippen molar-refractivity contribution in [3.8, 4) is 0 Å². The predicted molar refractivity (Wildman–Crippen MR) is 94.0 cm³/mol. The number of thioether (sulfide) groups is 1. The van der Waals surface area contributed by atoms with Gasteiger partial charge in [0.2, 0.25) is 5.91 Å². The van der Waals surface area contributed by atoms with Crippen LogP contribution in [0.25, 0.3) is 0 Å². The highest BCUT2D eigenvalue weighted by Gasteiger charge is 2.22. The molecule has 0 bridgehead atoms. The van der Waals surface area contributed by atoms with Gasteiger partial charge in [-0.2, -0.15) is 0 Å². The molecule has 0 radical (unpaired) electrons. The quantitative estimate of drug-likeness (QED) is 0.781. The van der Waals surface area contributed by atoms with E-state index in [0.717, 1.165) is 35.1 Å². The number of amides is 1. The predicted octanol–water partition coefficient (Wildman–Crippen LogP) is 4.34. The molecule has 0 atom stereocenters. The first-order valence-corrected chi connectivity index (χ1v) is 9.48. The van der Waals surface area contributed by atoms with Crippen molar-refractivity contribution >= 4 is 34.7 Å². The van der Waals surface area contributed by atoms with Crippen LogP contribution in [0.15, 0.2) is 34.0 Å².